The van der Waals surface area contributed by atoms with Crippen LogP contribution in [0.1, 0.15) is 5.56 Å². The lowest BCUT2D eigenvalue weighted by Crippen LogP contribution is -2.48. The van der Waals surface area contributed by atoms with Crippen LogP contribution in [0.5, 0.6) is 0 Å². The number of hydrogen-bond acceptors (Lipinski definition) is 4. The number of rotatable bonds is 3. The molecule has 0 unspecified atom stereocenters. The van der Waals surface area contributed by atoms with Gasteiger partial charge in [-0.2, -0.15) is 0 Å². The summed E-state index contributed by atoms with van der Waals surface area (Å²) in [5.74, 6) is 0. The molecule has 1 fully saturated rings. The Balaban J connectivity index is 1.92. The van der Waals surface area contributed by atoms with Gasteiger partial charge in [-0.15, -0.1) is 0 Å². The molecule has 5 heteroatoms. The topological polar surface area (TPSA) is 53.0 Å². The maximum absolute atomic E-state index is 11.4. The highest BCUT2D eigenvalue weighted by atomic mass is 16.5. The van der Waals surface area contributed by atoms with Crippen molar-refractivity contribution in [2.75, 3.05) is 44.8 Å². The van der Waals surface area contributed by atoms with E-state index in [0.717, 1.165) is 24.3 Å². The summed E-state index contributed by atoms with van der Waals surface area (Å²) in [4.78, 5) is 15.4. The molecule has 1 N–H and O–H groups in total. The second kappa shape index (κ2) is 6.43. The van der Waals surface area contributed by atoms with Gasteiger partial charge in [0.2, 0.25) is 0 Å². The van der Waals surface area contributed by atoms with E-state index in [-0.39, 0.29) is 12.7 Å². The van der Waals surface area contributed by atoms with Crippen LogP contribution in [-0.4, -0.2) is 56.0 Å². The van der Waals surface area contributed by atoms with Gasteiger partial charge in [0.25, 0.3) is 0 Å². The van der Waals surface area contributed by atoms with Gasteiger partial charge in [-0.1, -0.05) is 12.1 Å². The van der Waals surface area contributed by atoms with Gasteiger partial charge in [-0.25, -0.2) is 4.79 Å². The summed E-state index contributed by atoms with van der Waals surface area (Å²) in [6.07, 6.45) is 0.439. The second-order valence-electron chi connectivity index (χ2n) is 4.58. The average molecular weight is 264 g/mol. The zero-order chi connectivity index (χ0) is 13.7. The minimum Gasteiger partial charge on any atom is -0.453 e. The Hall–Kier alpha value is -1.75. The predicted molar refractivity (Wildman–Crippen MR) is 73.4 cm³/mol. The highest BCUT2D eigenvalue weighted by Gasteiger charge is 2.21. The molecule has 5 nitrogen and oxygen atoms in total. The fourth-order valence-electron chi connectivity index (χ4n) is 2.28. The van der Waals surface area contributed by atoms with Crippen molar-refractivity contribution in [1.29, 1.82) is 0 Å². The molecule has 1 aromatic carbocycles. The maximum atomic E-state index is 11.4. The smallest absolute Gasteiger partial charge is 0.409 e. The molecule has 19 heavy (non-hydrogen) atoms. The van der Waals surface area contributed by atoms with E-state index in [2.05, 4.69) is 17.0 Å². The normalized spacial score (nSPS) is 15.5. The number of carbonyl (C=O) groups excluding carboxylic acids is 1. The van der Waals surface area contributed by atoms with E-state index in [1.54, 1.807) is 4.90 Å². The molecule has 0 saturated carbocycles. The van der Waals surface area contributed by atoms with Crippen molar-refractivity contribution in [2.24, 2.45) is 0 Å². The molecule has 1 saturated heterocycles. The van der Waals surface area contributed by atoms with Crippen molar-refractivity contribution in [3.05, 3.63) is 29.8 Å². The van der Waals surface area contributed by atoms with E-state index in [1.165, 1.54) is 7.11 Å². The van der Waals surface area contributed by atoms with Crippen molar-refractivity contribution in [3.8, 4) is 0 Å². The maximum Gasteiger partial charge on any atom is 0.409 e. The summed E-state index contributed by atoms with van der Waals surface area (Å²) < 4.78 is 4.72. The Bertz CT molecular complexity index is 411. The number of ether oxygens (including phenoxy) is 1. The standard InChI is InChI=1S/C14H20N2O3/c1-19-14(18)16-9-7-15(8-10-16)13-4-2-12(3-5-13)6-11-17/h2-5,17H,6-11H2,1H3. The lowest BCUT2D eigenvalue weighted by atomic mass is 10.1. The fourth-order valence-corrected chi connectivity index (χ4v) is 2.28. The van der Waals surface area contributed by atoms with E-state index in [1.807, 2.05) is 12.1 Å². The van der Waals surface area contributed by atoms with Crippen molar-refractivity contribution >= 4 is 11.8 Å². The van der Waals surface area contributed by atoms with Crippen molar-refractivity contribution in [2.45, 2.75) is 6.42 Å². The van der Waals surface area contributed by atoms with Crippen LogP contribution in [0.15, 0.2) is 24.3 Å². The number of anilines is 1. The number of aliphatic hydroxyl groups is 1. The molecule has 0 spiro atoms. The molecule has 0 atom stereocenters. The molecule has 1 aliphatic heterocycles. The predicted octanol–water partition coefficient (Wildman–Crippen LogP) is 1.11. The Kier molecular flexibility index (Phi) is 4.63. The molecule has 104 valence electrons. The number of carbonyl (C=O) groups is 1. The van der Waals surface area contributed by atoms with Gasteiger partial charge in [-0.3, -0.25) is 0 Å². The number of aliphatic hydroxyl groups excluding tert-OH is 1. The lowest BCUT2D eigenvalue weighted by Gasteiger charge is -2.35. The number of hydrogen-bond donors (Lipinski definition) is 1. The molecule has 0 aromatic heterocycles. The summed E-state index contributed by atoms with van der Waals surface area (Å²) in [6.45, 7) is 3.18. The molecule has 1 amide bonds. The summed E-state index contributed by atoms with van der Waals surface area (Å²) in [7, 11) is 1.41. The molecular formula is C14H20N2O3. The Labute approximate surface area is 113 Å². The van der Waals surface area contributed by atoms with Crippen LogP contribution in [-0.2, 0) is 11.2 Å². The van der Waals surface area contributed by atoms with Crippen LogP contribution in [0.25, 0.3) is 0 Å². The van der Waals surface area contributed by atoms with Crippen LogP contribution >= 0.6 is 0 Å². The van der Waals surface area contributed by atoms with E-state index >= 15 is 0 Å². The summed E-state index contributed by atoms with van der Waals surface area (Å²) in [5, 5.41) is 8.88. The zero-order valence-electron chi connectivity index (χ0n) is 11.2. The van der Waals surface area contributed by atoms with Crippen molar-refractivity contribution in [3.63, 3.8) is 0 Å². The average Bonchev–Trinajstić information content (AvgIpc) is 2.48. The summed E-state index contributed by atoms with van der Waals surface area (Å²) in [5.41, 5.74) is 2.30. The van der Waals surface area contributed by atoms with E-state index in [4.69, 9.17) is 9.84 Å². The zero-order valence-corrected chi connectivity index (χ0v) is 11.2. The quantitative estimate of drug-likeness (QED) is 0.888. The Morgan fingerprint density at radius 2 is 1.84 bits per heavy atom. The third-order valence-corrected chi connectivity index (χ3v) is 3.41. The number of piperazine rings is 1. The highest BCUT2D eigenvalue weighted by Crippen LogP contribution is 2.17. The molecular weight excluding hydrogens is 244 g/mol. The number of methoxy groups -OCH3 is 1. The fraction of sp³-hybridized carbons (Fsp3) is 0.500. The van der Waals surface area contributed by atoms with E-state index < -0.39 is 0 Å². The first kappa shape index (κ1) is 13.7. The van der Waals surface area contributed by atoms with Gasteiger partial charge >= 0.3 is 6.09 Å². The number of nitrogens with zero attached hydrogens (tertiary/aromatic N) is 2. The third kappa shape index (κ3) is 3.38. The molecule has 1 aromatic rings. The first-order chi connectivity index (χ1) is 9.24. The van der Waals surface area contributed by atoms with Crippen molar-refractivity contribution in [1.82, 2.24) is 4.90 Å². The lowest BCUT2D eigenvalue weighted by molar-refractivity contribution is 0.121. The Morgan fingerprint density at radius 1 is 1.21 bits per heavy atom. The molecule has 0 bridgehead atoms. The van der Waals surface area contributed by atoms with E-state index in [0.29, 0.717) is 19.5 Å². The number of benzene rings is 1. The third-order valence-electron chi connectivity index (χ3n) is 3.41. The summed E-state index contributed by atoms with van der Waals surface area (Å²) >= 11 is 0. The van der Waals surface area contributed by atoms with Crippen LogP contribution in [0.2, 0.25) is 0 Å². The SMILES string of the molecule is COC(=O)N1CCN(c2ccc(CCO)cc2)CC1. The summed E-state index contributed by atoms with van der Waals surface area (Å²) in [6, 6.07) is 8.22. The van der Waals surface area contributed by atoms with Gasteiger partial charge < -0.3 is 19.6 Å². The van der Waals surface area contributed by atoms with Crippen LogP contribution in [0.3, 0.4) is 0 Å². The van der Waals surface area contributed by atoms with Crippen LogP contribution < -0.4 is 4.90 Å². The molecule has 0 aliphatic carbocycles. The van der Waals surface area contributed by atoms with Gasteiger partial charge in [0.05, 0.1) is 7.11 Å². The molecule has 1 heterocycles. The first-order valence-electron chi connectivity index (χ1n) is 6.52. The van der Waals surface area contributed by atoms with Crippen LogP contribution in [0.4, 0.5) is 10.5 Å². The van der Waals surface area contributed by atoms with Gasteiger partial charge in [0.1, 0.15) is 0 Å². The van der Waals surface area contributed by atoms with E-state index in [9.17, 15) is 4.79 Å². The van der Waals surface area contributed by atoms with Crippen LogP contribution in [0, 0.1) is 0 Å². The Morgan fingerprint density at radius 3 is 2.37 bits per heavy atom. The molecule has 1 aliphatic rings. The highest BCUT2D eigenvalue weighted by molar-refractivity contribution is 5.68. The van der Waals surface area contributed by atoms with Gasteiger partial charge in [0, 0.05) is 38.5 Å². The second-order valence-corrected chi connectivity index (χ2v) is 4.58. The largest absolute Gasteiger partial charge is 0.453 e. The number of amides is 1. The first-order valence-corrected chi connectivity index (χ1v) is 6.52. The monoisotopic (exact) mass is 264 g/mol. The van der Waals surface area contributed by atoms with Gasteiger partial charge in [-0.05, 0) is 24.1 Å². The molecule has 2 rings (SSSR count). The minimum atomic E-state index is -0.252. The van der Waals surface area contributed by atoms with Crippen molar-refractivity contribution < 1.29 is 14.6 Å². The minimum absolute atomic E-state index is 0.178. The molecule has 0 radical (unpaired) electrons. The van der Waals surface area contributed by atoms with Gasteiger partial charge in [0.15, 0.2) is 0 Å².